The topological polar surface area (TPSA) is 12.5 Å². The molecule has 1 heterocycles. The highest BCUT2D eigenvalue weighted by Gasteiger charge is 2.28. The fourth-order valence-corrected chi connectivity index (χ4v) is 1.95. The van der Waals surface area contributed by atoms with Crippen LogP contribution >= 0.6 is 0 Å². The van der Waals surface area contributed by atoms with Gasteiger partial charge in [-0.15, -0.1) is 0 Å². The molecule has 1 aromatic rings. The highest BCUT2D eigenvalue weighted by molar-refractivity contribution is 5.46. The lowest BCUT2D eigenvalue weighted by atomic mass is 9.92. The molecule has 0 bridgehead atoms. The lowest BCUT2D eigenvalue weighted by molar-refractivity contribution is 0.414. The van der Waals surface area contributed by atoms with Crippen molar-refractivity contribution >= 4 is 0 Å². The van der Waals surface area contributed by atoms with Crippen molar-refractivity contribution in [3.05, 3.63) is 33.9 Å². The summed E-state index contributed by atoms with van der Waals surface area (Å²) in [6, 6.07) is 2.26. The largest absolute Gasteiger partial charge is 0.368 e. The number of benzene rings is 1. The van der Waals surface area contributed by atoms with Crippen molar-refractivity contribution in [2.24, 2.45) is 0 Å². The Morgan fingerprint density at radius 2 is 1.54 bits per heavy atom. The van der Waals surface area contributed by atoms with Gasteiger partial charge in [-0.3, -0.25) is 0 Å². The molecule has 70 valence electrons. The quantitative estimate of drug-likeness (QED) is 0.599. The number of rotatable bonds is 1. The molecule has 0 aromatic heterocycles. The number of hydrogen-bond donors (Lipinski definition) is 0. The summed E-state index contributed by atoms with van der Waals surface area (Å²) in [5.74, 6) is 0. The lowest BCUT2D eigenvalue weighted by Crippen LogP contribution is -1.97. The third-order valence-electron chi connectivity index (χ3n) is 3.08. The molecular weight excluding hydrogens is 160 g/mol. The van der Waals surface area contributed by atoms with E-state index >= 15 is 0 Å². The van der Waals surface area contributed by atoms with Crippen LogP contribution in [0.15, 0.2) is 6.07 Å². The first-order chi connectivity index (χ1) is 6.11. The normalized spacial score (nSPS) is 20.5. The molecule has 1 unspecified atom stereocenters. The molecule has 0 spiro atoms. The fourth-order valence-electron chi connectivity index (χ4n) is 1.95. The lowest BCUT2D eigenvalue weighted by Gasteiger charge is -2.12. The minimum absolute atomic E-state index is 0.388. The predicted octanol–water partition coefficient (Wildman–Crippen LogP) is 2.99. The molecule has 0 radical (unpaired) electrons. The van der Waals surface area contributed by atoms with Gasteiger partial charge in [0.25, 0.3) is 0 Å². The number of epoxide rings is 1. The number of hydrogen-bond acceptors (Lipinski definition) is 1. The van der Waals surface area contributed by atoms with Gasteiger partial charge >= 0.3 is 0 Å². The summed E-state index contributed by atoms with van der Waals surface area (Å²) in [5, 5.41) is 0. The predicted molar refractivity (Wildman–Crippen MR) is 54.1 cm³/mol. The Balaban J connectivity index is 2.62. The molecular formula is C12H16O. The van der Waals surface area contributed by atoms with Crippen molar-refractivity contribution in [3.63, 3.8) is 0 Å². The van der Waals surface area contributed by atoms with Crippen LogP contribution in [0.4, 0.5) is 0 Å². The van der Waals surface area contributed by atoms with E-state index in [1.54, 1.807) is 0 Å². The van der Waals surface area contributed by atoms with Gasteiger partial charge in [0, 0.05) is 0 Å². The van der Waals surface area contributed by atoms with E-state index in [-0.39, 0.29) is 0 Å². The summed E-state index contributed by atoms with van der Waals surface area (Å²) < 4.78 is 5.37. The Morgan fingerprint density at radius 3 is 1.92 bits per heavy atom. The van der Waals surface area contributed by atoms with Crippen LogP contribution in [0.1, 0.15) is 33.9 Å². The molecule has 1 heteroatoms. The summed E-state index contributed by atoms with van der Waals surface area (Å²) in [6.07, 6.45) is 0.388. The second-order valence-electron chi connectivity index (χ2n) is 4.00. The van der Waals surface area contributed by atoms with Crippen LogP contribution in [-0.2, 0) is 4.74 Å². The standard InChI is InChI=1S/C12H16O/c1-7-5-8(2)10(4)12(9(7)3)11-6-13-11/h5,11H,6H2,1-4H3. The van der Waals surface area contributed by atoms with E-state index in [2.05, 4.69) is 33.8 Å². The Morgan fingerprint density at radius 1 is 1.08 bits per heavy atom. The van der Waals surface area contributed by atoms with Crippen molar-refractivity contribution in [1.82, 2.24) is 0 Å². The molecule has 0 amide bonds. The molecule has 1 aliphatic rings. The zero-order valence-corrected chi connectivity index (χ0v) is 8.77. The molecule has 1 aromatic carbocycles. The Labute approximate surface area is 79.7 Å². The summed E-state index contributed by atoms with van der Waals surface area (Å²) in [7, 11) is 0. The first-order valence-corrected chi connectivity index (χ1v) is 4.80. The number of aryl methyl sites for hydroxylation is 2. The van der Waals surface area contributed by atoms with Gasteiger partial charge in [0.15, 0.2) is 0 Å². The molecule has 2 rings (SSSR count). The van der Waals surface area contributed by atoms with Crippen molar-refractivity contribution in [1.29, 1.82) is 0 Å². The van der Waals surface area contributed by atoms with Crippen molar-refractivity contribution in [2.45, 2.75) is 33.8 Å². The molecule has 1 aliphatic heterocycles. The van der Waals surface area contributed by atoms with Gasteiger partial charge in [-0.1, -0.05) is 6.07 Å². The highest BCUT2D eigenvalue weighted by atomic mass is 16.6. The van der Waals surface area contributed by atoms with Crippen LogP contribution in [0.2, 0.25) is 0 Å². The van der Waals surface area contributed by atoms with Gasteiger partial charge < -0.3 is 4.74 Å². The summed E-state index contributed by atoms with van der Waals surface area (Å²) in [5.41, 5.74) is 7.01. The van der Waals surface area contributed by atoms with E-state index in [0.717, 1.165) is 6.61 Å². The van der Waals surface area contributed by atoms with Crippen LogP contribution < -0.4 is 0 Å². The first-order valence-electron chi connectivity index (χ1n) is 4.80. The average molecular weight is 176 g/mol. The van der Waals surface area contributed by atoms with E-state index in [9.17, 15) is 0 Å². The number of ether oxygens (including phenoxy) is 1. The Kier molecular flexibility index (Phi) is 1.92. The van der Waals surface area contributed by atoms with Crippen LogP contribution in [0.3, 0.4) is 0 Å². The third-order valence-corrected chi connectivity index (χ3v) is 3.08. The van der Waals surface area contributed by atoms with Crippen molar-refractivity contribution in [3.8, 4) is 0 Å². The van der Waals surface area contributed by atoms with E-state index in [1.165, 1.54) is 27.8 Å². The minimum atomic E-state index is 0.388. The average Bonchev–Trinajstić information content (AvgIpc) is 2.85. The highest BCUT2D eigenvalue weighted by Crippen LogP contribution is 2.36. The van der Waals surface area contributed by atoms with Gasteiger partial charge in [0.2, 0.25) is 0 Å². The summed E-state index contributed by atoms with van der Waals surface area (Å²) in [6.45, 7) is 9.64. The van der Waals surface area contributed by atoms with E-state index < -0.39 is 0 Å². The molecule has 1 nitrogen and oxygen atoms in total. The SMILES string of the molecule is Cc1cc(C)c(C)c(C2CO2)c1C. The van der Waals surface area contributed by atoms with Crippen LogP contribution in [0, 0.1) is 27.7 Å². The van der Waals surface area contributed by atoms with E-state index in [1.807, 2.05) is 0 Å². The molecule has 1 fully saturated rings. The Hall–Kier alpha value is -0.820. The van der Waals surface area contributed by atoms with Crippen LogP contribution in [0.5, 0.6) is 0 Å². The van der Waals surface area contributed by atoms with Crippen molar-refractivity contribution in [2.75, 3.05) is 6.61 Å². The third kappa shape index (κ3) is 1.37. The van der Waals surface area contributed by atoms with E-state index in [0.29, 0.717) is 6.10 Å². The molecule has 0 aliphatic carbocycles. The maximum absolute atomic E-state index is 5.37. The maximum Gasteiger partial charge on any atom is 0.106 e. The zero-order chi connectivity index (χ0) is 9.59. The molecule has 1 atom stereocenters. The Bertz CT molecular complexity index is 322. The summed E-state index contributed by atoms with van der Waals surface area (Å²) >= 11 is 0. The molecule has 0 N–H and O–H groups in total. The van der Waals surface area contributed by atoms with Crippen molar-refractivity contribution < 1.29 is 4.74 Å². The fraction of sp³-hybridized carbons (Fsp3) is 0.500. The van der Waals surface area contributed by atoms with Crippen LogP contribution in [-0.4, -0.2) is 6.61 Å². The van der Waals surface area contributed by atoms with Crippen LogP contribution in [0.25, 0.3) is 0 Å². The molecule has 1 saturated heterocycles. The van der Waals surface area contributed by atoms with Gasteiger partial charge in [0.1, 0.15) is 6.10 Å². The minimum Gasteiger partial charge on any atom is -0.368 e. The van der Waals surface area contributed by atoms with Gasteiger partial charge in [-0.25, -0.2) is 0 Å². The van der Waals surface area contributed by atoms with Gasteiger partial charge in [-0.05, 0) is 55.5 Å². The zero-order valence-electron chi connectivity index (χ0n) is 8.77. The molecule has 13 heavy (non-hydrogen) atoms. The summed E-state index contributed by atoms with van der Waals surface area (Å²) in [4.78, 5) is 0. The van der Waals surface area contributed by atoms with Gasteiger partial charge in [0.05, 0.1) is 6.61 Å². The molecule has 0 saturated carbocycles. The monoisotopic (exact) mass is 176 g/mol. The second-order valence-corrected chi connectivity index (χ2v) is 4.00. The first kappa shape index (κ1) is 8.76. The smallest absolute Gasteiger partial charge is 0.106 e. The van der Waals surface area contributed by atoms with Gasteiger partial charge in [-0.2, -0.15) is 0 Å². The van der Waals surface area contributed by atoms with E-state index in [4.69, 9.17) is 4.74 Å². The second kappa shape index (κ2) is 2.85. The maximum atomic E-state index is 5.37.